The summed E-state index contributed by atoms with van der Waals surface area (Å²) in [7, 11) is 0. The van der Waals surface area contributed by atoms with E-state index in [1.807, 2.05) is 13.8 Å². The van der Waals surface area contributed by atoms with E-state index in [-0.39, 0.29) is 69.4 Å². The van der Waals surface area contributed by atoms with Crippen LogP contribution in [-0.2, 0) is 54.5 Å². The van der Waals surface area contributed by atoms with Gasteiger partial charge in [0.25, 0.3) is 0 Å². The van der Waals surface area contributed by atoms with E-state index in [9.17, 15) is 63.3 Å². The summed E-state index contributed by atoms with van der Waals surface area (Å²) in [4.78, 5) is 130. The summed E-state index contributed by atoms with van der Waals surface area (Å²) in [5.74, 6) is -9.41. The van der Waals surface area contributed by atoms with Gasteiger partial charge in [0.05, 0.1) is 25.2 Å². The molecule has 0 aliphatic rings. The average Bonchev–Trinajstić information content (AvgIpc) is 3.29. The second-order valence-corrected chi connectivity index (χ2v) is 19.3. The molecule has 24 nitrogen and oxygen atoms in total. The number of amides is 8. The van der Waals surface area contributed by atoms with Crippen LogP contribution < -0.4 is 48.3 Å². The number of aromatic hydroxyl groups is 1. The van der Waals surface area contributed by atoms with E-state index in [4.69, 9.17) is 10.8 Å². The molecule has 0 unspecified atom stereocenters. The summed E-state index contributed by atoms with van der Waals surface area (Å²) in [6.07, 6.45) is -1.23. The van der Waals surface area contributed by atoms with Gasteiger partial charge in [0.1, 0.15) is 42.0 Å². The number of nitrogens with one attached hydrogen (secondary N) is 8. The lowest BCUT2D eigenvalue weighted by Crippen LogP contribution is -2.61. The highest BCUT2D eigenvalue weighted by Gasteiger charge is 2.35. The molecule has 1 aromatic carbocycles. The first-order valence-corrected chi connectivity index (χ1v) is 24.3. The molecule has 1 rings (SSSR count). The van der Waals surface area contributed by atoms with Crippen LogP contribution in [0.15, 0.2) is 24.3 Å². The van der Waals surface area contributed by atoms with E-state index >= 15 is 0 Å². The van der Waals surface area contributed by atoms with Crippen LogP contribution in [0.4, 0.5) is 0 Å². The molecule has 0 aromatic heterocycles. The number of carboxylic acid groups (broad SMARTS) is 2. The minimum Gasteiger partial charge on any atom is -0.508 e. The number of aliphatic carboxylic acids is 2. The molecule has 9 atom stereocenters. The molecule has 406 valence electrons. The molecule has 0 radical (unpaired) electrons. The van der Waals surface area contributed by atoms with E-state index in [0.717, 1.165) is 0 Å². The molecule has 0 fully saturated rings. The number of carboxylic acids is 2. The van der Waals surface area contributed by atoms with Gasteiger partial charge in [0.15, 0.2) is 0 Å². The van der Waals surface area contributed by atoms with Gasteiger partial charge < -0.3 is 68.7 Å². The number of carbonyl (C=O) groups is 10. The maximum atomic E-state index is 13.8. The molecular formula is C48H80N10O14. The van der Waals surface area contributed by atoms with Crippen molar-refractivity contribution in [3.8, 4) is 5.75 Å². The Kier molecular flexibility index (Phi) is 28.1. The predicted octanol–water partition coefficient (Wildman–Crippen LogP) is -1.19. The summed E-state index contributed by atoms with van der Waals surface area (Å²) in [6.45, 7) is 16.0. The zero-order valence-electron chi connectivity index (χ0n) is 43.2. The first kappa shape index (κ1) is 63.6. The Morgan fingerprint density at radius 2 is 1.15 bits per heavy atom. The maximum absolute atomic E-state index is 13.8. The Hall–Kier alpha value is -6.40. The zero-order valence-corrected chi connectivity index (χ0v) is 43.2. The number of aliphatic hydroxyl groups is 1. The number of hydrogen-bond acceptors (Lipinski definition) is 14. The molecule has 0 aliphatic heterocycles. The summed E-state index contributed by atoms with van der Waals surface area (Å²) >= 11 is 0. The Labute approximate surface area is 421 Å². The van der Waals surface area contributed by atoms with Gasteiger partial charge >= 0.3 is 11.9 Å². The Morgan fingerprint density at radius 3 is 1.65 bits per heavy atom. The summed E-state index contributed by atoms with van der Waals surface area (Å²) in [5.41, 5.74) is 6.52. The second-order valence-electron chi connectivity index (χ2n) is 19.3. The van der Waals surface area contributed by atoms with Crippen LogP contribution in [0.25, 0.3) is 0 Å². The van der Waals surface area contributed by atoms with Crippen LogP contribution in [0, 0.1) is 23.7 Å². The van der Waals surface area contributed by atoms with Gasteiger partial charge in [-0.2, -0.15) is 0 Å². The highest BCUT2D eigenvalue weighted by molar-refractivity contribution is 5.96. The van der Waals surface area contributed by atoms with Crippen molar-refractivity contribution >= 4 is 59.2 Å². The minimum absolute atomic E-state index is 0.00674. The molecule has 0 aliphatic carbocycles. The van der Waals surface area contributed by atoms with Gasteiger partial charge in [-0.1, -0.05) is 73.9 Å². The molecule has 24 heteroatoms. The number of aliphatic hydroxyl groups excluding tert-OH is 1. The second kappa shape index (κ2) is 31.8. The number of benzene rings is 1. The topological polar surface area (TPSA) is 377 Å². The van der Waals surface area contributed by atoms with Crippen molar-refractivity contribution in [3.63, 3.8) is 0 Å². The van der Waals surface area contributed by atoms with Gasteiger partial charge in [0.2, 0.25) is 47.3 Å². The third-order valence-electron chi connectivity index (χ3n) is 11.4. The van der Waals surface area contributed by atoms with E-state index in [1.54, 1.807) is 58.6 Å². The molecule has 0 saturated heterocycles. The standard InChI is InChI=1S/C48H80N10O14/c1-11-28(8)40(46(69)54-35(21-26(4)5)45(68)57-41(30(10)59)47(70)56-39(27(6)7)48(71)72)55-36(61)22-51-37(62)24-58(23-31-12-14-32(60)15-13-31)19-18-50-42(65)29(9)52-44(67)34(20-25(2)3)53-43(66)33(49)16-17-38(63)64/h12-15,25-30,33-35,39-41,59-60H,11,16-24,49H2,1-10H3,(H,50,65)(H,51,62)(H,52,67)(H,53,66)(H,54,69)(H,55,61)(H,56,70)(H,57,68)(H,63,64)(H,71,72)/t28-,29-,30+,33-,34-,35-,39-,40-,41-/m0/s1. The van der Waals surface area contributed by atoms with Gasteiger partial charge in [-0.25, -0.2) is 4.79 Å². The van der Waals surface area contributed by atoms with Crippen LogP contribution in [0.1, 0.15) is 107 Å². The van der Waals surface area contributed by atoms with E-state index < -0.39 is 126 Å². The Morgan fingerprint density at radius 1 is 0.625 bits per heavy atom. The maximum Gasteiger partial charge on any atom is 0.326 e. The van der Waals surface area contributed by atoms with Gasteiger partial charge in [-0.15, -0.1) is 0 Å². The third-order valence-corrected chi connectivity index (χ3v) is 11.4. The van der Waals surface area contributed by atoms with Crippen molar-refractivity contribution in [2.75, 3.05) is 26.2 Å². The number of phenols is 1. The number of carbonyl (C=O) groups excluding carboxylic acids is 8. The fourth-order valence-corrected chi connectivity index (χ4v) is 7.08. The lowest BCUT2D eigenvalue weighted by Gasteiger charge is -2.29. The fourth-order valence-electron chi connectivity index (χ4n) is 7.08. The van der Waals surface area contributed by atoms with Crippen LogP contribution in [0.2, 0.25) is 0 Å². The highest BCUT2D eigenvalue weighted by atomic mass is 16.4. The predicted molar refractivity (Wildman–Crippen MR) is 264 cm³/mol. The smallest absolute Gasteiger partial charge is 0.326 e. The fraction of sp³-hybridized carbons (Fsp3) is 0.667. The van der Waals surface area contributed by atoms with Crippen LogP contribution in [0.3, 0.4) is 0 Å². The van der Waals surface area contributed by atoms with E-state index in [1.165, 1.54) is 26.0 Å². The van der Waals surface area contributed by atoms with E-state index in [2.05, 4.69) is 42.5 Å². The van der Waals surface area contributed by atoms with Crippen LogP contribution >= 0.6 is 0 Å². The largest absolute Gasteiger partial charge is 0.508 e. The number of rotatable bonds is 33. The van der Waals surface area contributed by atoms with Crippen molar-refractivity contribution in [2.24, 2.45) is 29.4 Å². The van der Waals surface area contributed by atoms with Crippen molar-refractivity contribution in [1.82, 2.24) is 47.4 Å². The SMILES string of the molecule is CC[C@H](C)[C@H](NC(=O)CNC(=O)CN(CCNC(=O)[C@H](C)NC(=O)[C@H](CC(C)C)NC(=O)[C@@H](N)CCC(=O)O)Cc1ccc(O)cc1)C(=O)N[C@@H](CC(C)C)C(=O)N[C@H](C(=O)N[C@H](C(=O)O)C(C)C)[C@@H](C)O. The number of hydrogen-bond donors (Lipinski definition) is 13. The Bertz CT molecular complexity index is 1980. The molecule has 0 bridgehead atoms. The zero-order chi connectivity index (χ0) is 55.0. The highest BCUT2D eigenvalue weighted by Crippen LogP contribution is 2.14. The van der Waals surface area contributed by atoms with Crippen molar-refractivity contribution < 1.29 is 68.4 Å². The van der Waals surface area contributed by atoms with Gasteiger partial charge in [0, 0.05) is 26.1 Å². The molecule has 0 saturated carbocycles. The first-order valence-electron chi connectivity index (χ1n) is 24.3. The average molecular weight is 1020 g/mol. The van der Waals surface area contributed by atoms with Crippen LogP contribution in [-0.4, -0.2) is 159 Å². The number of phenolic OH excluding ortho intramolecular Hbond substituents is 1. The van der Waals surface area contributed by atoms with Crippen molar-refractivity contribution in [3.05, 3.63) is 29.8 Å². The van der Waals surface area contributed by atoms with Gasteiger partial charge in [-0.05, 0) is 74.5 Å². The molecule has 8 amide bonds. The van der Waals surface area contributed by atoms with Gasteiger partial charge in [-0.3, -0.25) is 48.1 Å². The lowest BCUT2D eigenvalue weighted by atomic mass is 9.96. The Balaban J connectivity index is 3.06. The molecular weight excluding hydrogens is 941 g/mol. The van der Waals surface area contributed by atoms with Crippen LogP contribution in [0.5, 0.6) is 5.75 Å². The third kappa shape index (κ3) is 24.1. The summed E-state index contributed by atoms with van der Waals surface area (Å²) in [6, 6.07) is -2.40. The van der Waals surface area contributed by atoms with Crippen molar-refractivity contribution in [2.45, 2.75) is 156 Å². The normalized spacial score (nSPS) is 15.1. The summed E-state index contributed by atoms with van der Waals surface area (Å²) in [5, 5.41) is 59.1. The molecule has 1 aromatic rings. The number of nitrogens with zero attached hydrogens (tertiary/aromatic N) is 1. The monoisotopic (exact) mass is 1020 g/mol. The minimum atomic E-state index is -1.57. The van der Waals surface area contributed by atoms with Crippen molar-refractivity contribution in [1.29, 1.82) is 0 Å². The molecule has 0 spiro atoms. The molecule has 72 heavy (non-hydrogen) atoms. The first-order chi connectivity index (χ1) is 33.6. The quantitative estimate of drug-likeness (QED) is 0.0394. The van der Waals surface area contributed by atoms with E-state index in [0.29, 0.717) is 12.0 Å². The number of nitrogens with two attached hydrogens (primary N) is 1. The molecule has 14 N–H and O–H groups in total. The lowest BCUT2D eigenvalue weighted by molar-refractivity contribution is -0.144. The molecule has 0 heterocycles. The summed E-state index contributed by atoms with van der Waals surface area (Å²) < 4.78 is 0.